The van der Waals surface area contributed by atoms with Crippen molar-refractivity contribution in [1.29, 1.82) is 0 Å². The van der Waals surface area contributed by atoms with Crippen molar-refractivity contribution in [1.82, 2.24) is 10.3 Å². The van der Waals surface area contributed by atoms with E-state index >= 15 is 0 Å². The highest BCUT2D eigenvalue weighted by Gasteiger charge is 2.08. The molecule has 0 aliphatic rings. The maximum atomic E-state index is 11.2. The van der Waals surface area contributed by atoms with E-state index in [1.54, 1.807) is 13.2 Å². The molecule has 4 nitrogen and oxygen atoms in total. The smallest absolute Gasteiger partial charge is 0.230 e. The third-order valence-corrected chi connectivity index (χ3v) is 3.53. The number of fused-ring (bicyclic) bond motifs is 1. The van der Waals surface area contributed by atoms with Crippen LogP contribution in [0.4, 0.5) is 5.69 Å². The molecule has 0 aliphatic carbocycles. The maximum absolute atomic E-state index is 11.2. The molecule has 1 heterocycles. The highest BCUT2D eigenvalue weighted by atomic mass is 32.2. The summed E-state index contributed by atoms with van der Waals surface area (Å²) in [5, 5.41) is 3.57. The van der Waals surface area contributed by atoms with Gasteiger partial charge in [0.15, 0.2) is 0 Å². The second-order valence-electron chi connectivity index (χ2n) is 3.52. The molecule has 0 atom stereocenters. The quantitative estimate of drug-likeness (QED) is 0.809. The number of amides is 1. The average Bonchev–Trinajstić information content (AvgIpc) is 2.37. The summed E-state index contributed by atoms with van der Waals surface area (Å²) < 4.78 is 0. The second-order valence-corrected chi connectivity index (χ2v) is 4.51. The van der Waals surface area contributed by atoms with Gasteiger partial charge in [-0.1, -0.05) is 18.2 Å². The minimum Gasteiger partial charge on any atom is -0.397 e. The normalized spacial score (nSPS) is 10.4. The average molecular weight is 247 g/mol. The molecule has 5 heteroatoms. The molecule has 2 rings (SSSR count). The molecule has 0 spiro atoms. The summed E-state index contributed by atoms with van der Waals surface area (Å²) in [7, 11) is 1.62. The van der Waals surface area contributed by atoms with Crippen molar-refractivity contribution in [3.63, 3.8) is 0 Å². The van der Waals surface area contributed by atoms with E-state index in [1.807, 2.05) is 24.3 Å². The Balaban J connectivity index is 2.37. The van der Waals surface area contributed by atoms with E-state index in [0.29, 0.717) is 11.4 Å². The van der Waals surface area contributed by atoms with E-state index in [1.165, 1.54) is 11.8 Å². The topological polar surface area (TPSA) is 68.0 Å². The van der Waals surface area contributed by atoms with E-state index in [0.717, 1.165) is 15.8 Å². The number of nitrogens with one attached hydrogen (secondary N) is 1. The summed E-state index contributed by atoms with van der Waals surface area (Å²) in [5.41, 5.74) is 7.40. The fourth-order valence-corrected chi connectivity index (χ4v) is 2.47. The molecule has 0 aliphatic heterocycles. The molecule has 88 valence electrons. The number of carbonyl (C=O) groups excluding carboxylic acids is 1. The first-order chi connectivity index (χ1) is 8.22. The van der Waals surface area contributed by atoms with Crippen LogP contribution in [0.2, 0.25) is 0 Å². The van der Waals surface area contributed by atoms with Crippen molar-refractivity contribution >= 4 is 34.3 Å². The zero-order valence-electron chi connectivity index (χ0n) is 9.43. The number of para-hydroxylation sites is 1. The molecule has 17 heavy (non-hydrogen) atoms. The Bertz CT molecular complexity index is 556. The molecular formula is C12H13N3OS. The van der Waals surface area contributed by atoms with Gasteiger partial charge in [0.1, 0.15) is 0 Å². The van der Waals surface area contributed by atoms with E-state index in [-0.39, 0.29) is 5.91 Å². The van der Waals surface area contributed by atoms with Gasteiger partial charge in [-0.05, 0) is 6.07 Å². The monoisotopic (exact) mass is 247 g/mol. The minimum atomic E-state index is -0.0182. The summed E-state index contributed by atoms with van der Waals surface area (Å²) in [6, 6.07) is 7.76. The summed E-state index contributed by atoms with van der Waals surface area (Å²) in [4.78, 5) is 16.4. The number of nitrogen functional groups attached to an aromatic ring is 1. The Morgan fingerprint density at radius 1 is 1.47 bits per heavy atom. The molecule has 2 aromatic rings. The molecule has 3 N–H and O–H groups in total. The third kappa shape index (κ3) is 2.50. The lowest BCUT2D eigenvalue weighted by Gasteiger charge is -2.08. The van der Waals surface area contributed by atoms with Gasteiger partial charge in [-0.2, -0.15) is 0 Å². The van der Waals surface area contributed by atoms with Crippen molar-refractivity contribution < 1.29 is 4.79 Å². The standard InChI is InChI=1S/C12H13N3OS/c1-14-11(16)7-17-12-8-4-2-3-5-10(8)15-6-9(12)13/h2-6H,7,13H2,1H3,(H,14,16). The van der Waals surface area contributed by atoms with Crippen molar-refractivity contribution in [3.05, 3.63) is 30.5 Å². The lowest BCUT2D eigenvalue weighted by atomic mass is 10.2. The molecule has 0 saturated carbocycles. The third-order valence-electron chi connectivity index (χ3n) is 2.38. The van der Waals surface area contributed by atoms with Crippen LogP contribution in [0.3, 0.4) is 0 Å². The summed E-state index contributed by atoms with van der Waals surface area (Å²) in [6.07, 6.45) is 1.63. The van der Waals surface area contributed by atoms with Crippen LogP contribution in [0, 0.1) is 0 Å². The lowest BCUT2D eigenvalue weighted by molar-refractivity contribution is -0.118. The zero-order chi connectivity index (χ0) is 12.3. The number of hydrogen-bond donors (Lipinski definition) is 2. The van der Waals surface area contributed by atoms with Crippen molar-refractivity contribution in [2.24, 2.45) is 0 Å². The van der Waals surface area contributed by atoms with Gasteiger partial charge < -0.3 is 11.1 Å². The van der Waals surface area contributed by atoms with Crippen LogP contribution >= 0.6 is 11.8 Å². The predicted molar refractivity (Wildman–Crippen MR) is 70.9 cm³/mol. The van der Waals surface area contributed by atoms with Gasteiger partial charge in [0.25, 0.3) is 0 Å². The Hall–Kier alpha value is -1.75. The fraction of sp³-hybridized carbons (Fsp3) is 0.167. The van der Waals surface area contributed by atoms with Crippen molar-refractivity contribution in [2.75, 3.05) is 18.5 Å². The Morgan fingerprint density at radius 2 is 2.24 bits per heavy atom. The van der Waals surface area contributed by atoms with Crippen molar-refractivity contribution in [2.45, 2.75) is 4.90 Å². The second kappa shape index (κ2) is 5.05. The molecule has 0 radical (unpaired) electrons. The number of thioether (sulfide) groups is 1. The molecule has 1 aromatic heterocycles. The van der Waals surface area contributed by atoms with E-state index in [4.69, 9.17) is 5.73 Å². The number of hydrogen-bond acceptors (Lipinski definition) is 4. The largest absolute Gasteiger partial charge is 0.397 e. The Labute approximate surface area is 104 Å². The van der Waals surface area contributed by atoms with Crippen LogP contribution in [0.15, 0.2) is 35.4 Å². The first kappa shape index (κ1) is 11.7. The molecule has 1 aromatic carbocycles. The lowest BCUT2D eigenvalue weighted by Crippen LogP contribution is -2.19. The van der Waals surface area contributed by atoms with Crippen LogP contribution in [0.5, 0.6) is 0 Å². The number of aromatic nitrogens is 1. The number of benzene rings is 1. The van der Waals surface area contributed by atoms with Gasteiger partial charge in [0.2, 0.25) is 5.91 Å². The van der Waals surface area contributed by atoms with Gasteiger partial charge in [0.05, 0.1) is 23.2 Å². The van der Waals surface area contributed by atoms with Crippen LogP contribution in [-0.4, -0.2) is 23.7 Å². The predicted octanol–water partition coefficient (Wildman–Crippen LogP) is 1.66. The van der Waals surface area contributed by atoms with Gasteiger partial charge in [-0.3, -0.25) is 9.78 Å². The van der Waals surface area contributed by atoms with Gasteiger partial charge in [-0.25, -0.2) is 0 Å². The van der Waals surface area contributed by atoms with E-state index < -0.39 is 0 Å². The van der Waals surface area contributed by atoms with Crippen LogP contribution in [0.25, 0.3) is 10.9 Å². The molecular weight excluding hydrogens is 234 g/mol. The first-order valence-electron chi connectivity index (χ1n) is 5.19. The number of pyridine rings is 1. The Kier molecular flexibility index (Phi) is 3.49. The summed E-state index contributed by atoms with van der Waals surface area (Å²) in [6.45, 7) is 0. The summed E-state index contributed by atoms with van der Waals surface area (Å²) >= 11 is 1.43. The number of nitrogens with two attached hydrogens (primary N) is 1. The maximum Gasteiger partial charge on any atom is 0.230 e. The zero-order valence-corrected chi connectivity index (χ0v) is 10.3. The van der Waals surface area contributed by atoms with Gasteiger partial charge >= 0.3 is 0 Å². The summed E-state index contributed by atoms with van der Waals surface area (Å²) in [5.74, 6) is 0.338. The number of rotatable bonds is 3. The fourth-order valence-electron chi connectivity index (χ4n) is 1.50. The van der Waals surface area contributed by atoms with Gasteiger partial charge in [-0.15, -0.1) is 11.8 Å². The van der Waals surface area contributed by atoms with Crippen LogP contribution in [-0.2, 0) is 4.79 Å². The van der Waals surface area contributed by atoms with Crippen molar-refractivity contribution in [3.8, 4) is 0 Å². The molecule has 0 fully saturated rings. The first-order valence-corrected chi connectivity index (χ1v) is 6.17. The SMILES string of the molecule is CNC(=O)CSc1c(N)cnc2ccccc12. The number of nitrogens with zero attached hydrogens (tertiary/aromatic N) is 1. The number of carbonyl (C=O) groups is 1. The molecule has 0 bridgehead atoms. The molecule has 1 amide bonds. The highest BCUT2D eigenvalue weighted by Crippen LogP contribution is 2.31. The highest BCUT2D eigenvalue weighted by molar-refractivity contribution is 8.00. The van der Waals surface area contributed by atoms with Crippen LogP contribution in [0.1, 0.15) is 0 Å². The van der Waals surface area contributed by atoms with Gasteiger partial charge in [0, 0.05) is 17.3 Å². The van der Waals surface area contributed by atoms with E-state index in [2.05, 4.69) is 10.3 Å². The number of anilines is 1. The van der Waals surface area contributed by atoms with Crippen LogP contribution < -0.4 is 11.1 Å². The molecule has 0 unspecified atom stereocenters. The minimum absolute atomic E-state index is 0.0182. The Morgan fingerprint density at radius 3 is 3.00 bits per heavy atom. The van der Waals surface area contributed by atoms with E-state index in [9.17, 15) is 4.79 Å². The molecule has 0 saturated heterocycles.